The van der Waals surface area contributed by atoms with Gasteiger partial charge in [0.05, 0.1) is 0 Å². The normalized spacial score (nSPS) is 18.5. The van der Waals surface area contributed by atoms with Crippen LogP contribution in [0, 0.1) is 5.92 Å². The summed E-state index contributed by atoms with van der Waals surface area (Å²) in [6, 6.07) is 7.56. The fourth-order valence-corrected chi connectivity index (χ4v) is 3.39. The van der Waals surface area contributed by atoms with Crippen LogP contribution in [0.4, 0.5) is 0 Å². The smallest absolute Gasteiger partial charge is 0.127 e. The van der Waals surface area contributed by atoms with Gasteiger partial charge in [-0.25, -0.2) is 0 Å². The monoisotopic (exact) mass is 256 g/mol. The quantitative estimate of drug-likeness (QED) is 0.792. The molecule has 2 aromatic rings. The highest BCUT2D eigenvalue weighted by Crippen LogP contribution is 2.44. The van der Waals surface area contributed by atoms with Crippen LogP contribution in [0.2, 0.25) is 0 Å². The molecule has 0 fully saturated rings. The van der Waals surface area contributed by atoms with E-state index in [0.717, 1.165) is 41.2 Å². The Morgan fingerprint density at radius 1 is 1.05 bits per heavy atom. The molecular formula is C17H20O2. The fraction of sp³-hybridized carbons (Fsp3) is 0.412. The molecule has 0 bridgehead atoms. The van der Waals surface area contributed by atoms with E-state index in [1.165, 1.54) is 12.8 Å². The SMILES string of the molecule is CCCC1CCc2c(c(O)c3ccccc3c2O)C1. The maximum atomic E-state index is 10.5. The molecule has 0 radical (unpaired) electrons. The zero-order valence-corrected chi connectivity index (χ0v) is 11.3. The molecular weight excluding hydrogens is 236 g/mol. The van der Waals surface area contributed by atoms with Gasteiger partial charge >= 0.3 is 0 Å². The minimum absolute atomic E-state index is 0.373. The van der Waals surface area contributed by atoms with Gasteiger partial charge in [0.1, 0.15) is 11.5 Å². The van der Waals surface area contributed by atoms with Crippen LogP contribution in [0.1, 0.15) is 37.3 Å². The van der Waals surface area contributed by atoms with Crippen LogP contribution in [-0.4, -0.2) is 10.2 Å². The molecule has 0 saturated heterocycles. The third-order valence-electron chi connectivity index (χ3n) is 4.37. The number of phenols is 2. The lowest BCUT2D eigenvalue weighted by molar-refractivity contribution is 0.391. The molecule has 2 aromatic carbocycles. The summed E-state index contributed by atoms with van der Waals surface area (Å²) in [7, 11) is 0. The van der Waals surface area contributed by atoms with Crippen molar-refractivity contribution in [1.29, 1.82) is 0 Å². The second kappa shape index (κ2) is 4.76. The Hall–Kier alpha value is -1.70. The summed E-state index contributed by atoms with van der Waals surface area (Å²) in [6.45, 7) is 2.20. The molecule has 3 rings (SSSR count). The number of aromatic hydroxyl groups is 2. The first-order valence-corrected chi connectivity index (χ1v) is 7.16. The maximum Gasteiger partial charge on any atom is 0.127 e. The van der Waals surface area contributed by atoms with Crippen LogP contribution in [0.15, 0.2) is 24.3 Å². The zero-order valence-electron chi connectivity index (χ0n) is 11.3. The Kier molecular flexibility index (Phi) is 3.09. The Balaban J connectivity index is 2.16. The van der Waals surface area contributed by atoms with Crippen LogP contribution in [0.25, 0.3) is 10.8 Å². The Labute approximate surface area is 113 Å². The third-order valence-corrected chi connectivity index (χ3v) is 4.37. The first-order valence-electron chi connectivity index (χ1n) is 7.16. The first-order chi connectivity index (χ1) is 9.22. The van der Waals surface area contributed by atoms with Gasteiger partial charge < -0.3 is 10.2 Å². The zero-order chi connectivity index (χ0) is 13.4. The summed E-state index contributed by atoms with van der Waals surface area (Å²) < 4.78 is 0. The summed E-state index contributed by atoms with van der Waals surface area (Å²) in [6.07, 6.45) is 5.27. The van der Waals surface area contributed by atoms with E-state index >= 15 is 0 Å². The van der Waals surface area contributed by atoms with E-state index in [0.29, 0.717) is 17.4 Å². The lowest BCUT2D eigenvalue weighted by Crippen LogP contribution is -2.14. The van der Waals surface area contributed by atoms with Crippen molar-refractivity contribution in [3.63, 3.8) is 0 Å². The number of fused-ring (bicyclic) bond motifs is 2. The van der Waals surface area contributed by atoms with Gasteiger partial charge in [0.25, 0.3) is 0 Å². The Bertz CT molecular complexity index is 616. The summed E-state index contributed by atoms with van der Waals surface area (Å²) in [5.41, 5.74) is 1.93. The molecule has 100 valence electrons. The van der Waals surface area contributed by atoms with Crippen molar-refractivity contribution in [2.45, 2.75) is 39.0 Å². The van der Waals surface area contributed by atoms with Crippen LogP contribution < -0.4 is 0 Å². The predicted octanol–water partition coefficient (Wildman–Crippen LogP) is 4.16. The van der Waals surface area contributed by atoms with Crippen molar-refractivity contribution in [3.8, 4) is 11.5 Å². The van der Waals surface area contributed by atoms with Crippen molar-refractivity contribution in [1.82, 2.24) is 0 Å². The van der Waals surface area contributed by atoms with E-state index in [1.807, 2.05) is 24.3 Å². The molecule has 0 heterocycles. The number of rotatable bonds is 2. The second-order valence-electron chi connectivity index (χ2n) is 5.60. The van der Waals surface area contributed by atoms with Gasteiger partial charge in [-0.2, -0.15) is 0 Å². The van der Waals surface area contributed by atoms with E-state index < -0.39 is 0 Å². The van der Waals surface area contributed by atoms with Crippen LogP contribution in [0.3, 0.4) is 0 Å². The first kappa shape index (κ1) is 12.3. The van der Waals surface area contributed by atoms with Gasteiger partial charge in [0.15, 0.2) is 0 Å². The van der Waals surface area contributed by atoms with E-state index in [2.05, 4.69) is 6.92 Å². The molecule has 1 unspecified atom stereocenters. The van der Waals surface area contributed by atoms with Crippen molar-refractivity contribution in [2.75, 3.05) is 0 Å². The van der Waals surface area contributed by atoms with Gasteiger partial charge in [0.2, 0.25) is 0 Å². The minimum Gasteiger partial charge on any atom is -0.507 e. The van der Waals surface area contributed by atoms with E-state index in [4.69, 9.17) is 0 Å². The van der Waals surface area contributed by atoms with E-state index in [1.54, 1.807) is 0 Å². The van der Waals surface area contributed by atoms with Crippen LogP contribution >= 0.6 is 0 Å². The highest BCUT2D eigenvalue weighted by atomic mass is 16.3. The highest BCUT2D eigenvalue weighted by molar-refractivity contribution is 5.95. The molecule has 0 amide bonds. The third kappa shape index (κ3) is 1.95. The van der Waals surface area contributed by atoms with Gasteiger partial charge in [-0.05, 0) is 25.2 Å². The van der Waals surface area contributed by atoms with Gasteiger partial charge in [0, 0.05) is 21.9 Å². The molecule has 1 atom stereocenters. The molecule has 0 aromatic heterocycles. The largest absolute Gasteiger partial charge is 0.507 e. The van der Waals surface area contributed by atoms with Crippen molar-refractivity contribution in [3.05, 3.63) is 35.4 Å². The Morgan fingerprint density at radius 2 is 1.68 bits per heavy atom. The highest BCUT2D eigenvalue weighted by Gasteiger charge is 2.25. The number of hydrogen-bond acceptors (Lipinski definition) is 2. The summed E-state index contributed by atoms with van der Waals surface area (Å²) in [5.74, 6) is 1.39. The summed E-state index contributed by atoms with van der Waals surface area (Å²) >= 11 is 0. The van der Waals surface area contributed by atoms with Gasteiger partial charge in [-0.3, -0.25) is 0 Å². The lowest BCUT2D eigenvalue weighted by Gasteiger charge is -2.26. The molecule has 1 aliphatic rings. The van der Waals surface area contributed by atoms with Gasteiger partial charge in [-0.1, -0.05) is 44.0 Å². The molecule has 2 N–H and O–H groups in total. The van der Waals surface area contributed by atoms with E-state index in [9.17, 15) is 10.2 Å². The van der Waals surface area contributed by atoms with Crippen molar-refractivity contribution >= 4 is 10.8 Å². The number of phenolic OH excluding ortho intramolecular Hbond substituents is 2. The average Bonchev–Trinajstić information content (AvgIpc) is 2.45. The molecule has 2 heteroatoms. The summed E-state index contributed by atoms with van der Waals surface area (Å²) in [4.78, 5) is 0. The molecule has 2 nitrogen and oxygen atoms in total. The van der Waals surface area contributed by atoms with Crippen molar-refractivity contribution < 1.29 is 10.2 Å². The molecule has 0 spiro atoms. The minimum atomic E-state index is 0.373. The molecule has 0 saturated carbocycles. The maximum absolute atomic E-state index is 10.5. The summed E-state index contributed by atoms with van der Waals surface area (Å²) in [5, 5.41) is 22.5. The number of benzene rings is 2. The van der Waals surface area contributed by atoms with Crippen LogP contribution in [0.5, 0.6) is 11.5 Å². The fourth-order valence-electron chi connectivity index (χ4n) is 3.39. The number of hydrogen-bond donors (Lipinski definition) is 2. The van der Waals surface area contributed by atoms with Crippen LogP contribution in [-0.2, 0) is 12.8 Å². The van der Waals surface area contributed by atoms with Gasteiger partial charge in [-0.15, -0.1) is 0 Å². The topological polar surface area (TPSA) is 40.5 Å². The average molecular weight is 256 g/mol. The van der Waals surface area contributed by atoms with E-state index in [-0.39, 0.29) is 0 Å². The predicted molar refractivity (Wildman–Crippen MR) is 77.7 cm³/mol. The Morgan fingerprint density at radius 3 is 2.32 bits per heavy atom. The molecule has 19 heavy (non-hydrogen) atoms. The second-order valence-corrected chi connectivity index (χ2v) is 5.60. The standard InChI is InChI=1S/C17H20O2/c1-2-5-11-8-9-14-15(10-11)17(19)13-7-4-3-6-12(13)16(14)18/h3-4,6-7,11,18-19H,2,5,8-10H2,1H3. The molecule has 0 aliphatic heterocycles. The lowest BCUT2D eigenvalue weighted by atomic mass is 9.79. The van der Waals surface area contributed by atoms with Crippen molar-refractivity contribution in [2.24, 2.45) is 5.92 Å². The molecule has 1 aliphatic carbocycles.